The number of pyridine rings is 3. The van der Waals surface area contributed by atoms with Gasteiger partial charge in [-0.2, -0.15) is 15.4 Å². The predicted octanol–water partition coefficient (Wildman–Crippen LogP) is 9.48. The molecule has 14 rings (SSSR count). The van der Waals surface area contributed by atoms with Gasteiger partial charge in [-0.15, -0.1) is 26.8 Å². The summed E-state index contributed by atoms with van der Waals surface area (Å²) in [6.45, 7) is 3.96. The summed E-state index contributed by atoms with van der Waals surface area (Å²) < 4.78 is 55.0. The molecule has 580 valence electrons. The lowest BCUT2D eigenvalue weighted by Gasteiger charge is -2.24. The maximum absolute atomic E-state index is 13.2. The zero-order valence-electron chi connectivity index (χ0n) is 63.9. The molecule has 30 nitrogen and oxygen atoms in total. The first-order chi connectivity index (χ1) is 54.0. The molecule has 8 heterocycles. The Hall–Kier alpha value is -12.1. The van der Waals surface area contributed by atoms with E-state index in [4.69, 9.17) is 49.1 Å². The molecule has 1 N–H and O–H groups in total. The number of hydrogen-bond acceptors (Lipinski definition) is 25. The molecule has 0 bridgehead atoms. The van der Waals surface area contributed by atoms with Gasteiger partial charge < -0.3 is 57.3 Å². The minimum Gasteiger partial charge on any atom is -0.497 e. The van der Waals surface area contributed by atoms with Gasteiger partial charge >= 0.3 is 0 Å². The lowest BCUT2D eigenvalue weighted by molar-refractivity contribution is 0.277. The summed E-state index contributed by atoms with van der Waals surface area (Å²) >= 11 is 2.15. The second-order valence-corrected chi connectivity index (χ2v) is 26.7. The molecule has 111 heavy (non-hydrogen) atoms. The third-order valence-corrected chi connectivity index (χ3v) is 19.0. The Labute approximate surface area is 656 Å². The number of anilines is 3. The maximum Gasteiger partial charge on any atom is 0.290 e. The van der Waals surface area contributed by atoms with E-state index in [0.29, 0.717) is 128 Å². The van der Waals surface area contributed by atoms with E-state index in [0.717, 1.165) is 93.2 Å². The number of hydrogen-bond donors (Lipinski definition) is 1. The molecule has 31 heteroatoms. The highest BCUT2D eigenvalue weighted by Crippen LogP contribution is 2.49. The Morgan fingerprint density at radius 1 is 0.450 bits per heavy atom. The maximum atomic E-state index is 13.2. The second kappa shape index (κ2) is 38.3. The summed E-state index contributed by atoms with van der Waals surface area (Å²) in [6, 6.07) is 40.0. The first kappa shape index (κ1) is 79.9. The van der Waals surface area contributed by atoms with Crippen LogP contribution in [0.25, 0.3) is 0 Å². The van der Waals surface area contributed by atoms with Gasteiger partial charge in [0, 0.05) is 125 Å². The van der Waals surface area contributed by atoms with E-state index >= 15 is 0 Å². The number of aryl methyl sites for hydroxylation is 4. The normalized spacial score (nSPS) is 16.1. The quantitative estimate of drug-likeness (QED) is 0.0233. The first-order valence-corrected chi connectivity index (χ1v) is 37.9. The Balaban J connectivity index is 0.000000163. The van der Waals surface area contributed by atoms with E-state index in [1.54, 1.807) is 111 Å². The smallest absolute Gasteiger partial charge is 0.290 e. The van der Waals surface area contributed by atoms with Crippen LogP contribution in [0, 0.1) is 30.1 Å². The van der Waals surface area contributed by atoms with Crippen molar-refractivity contribution in [2.75, 3.05) is 88.7 Å². The molecule has 0 unspecified atom stereocenters. The summed E-state index contributed by atoms with van der Waals surface area (Å²) in [5.41, 5.74) is 8.29. The fourth-order valence-corrected chi connectivity index (χ4v) is 12.5. The molecule has 0 spiro atoms. The third kappa shape index (κ3) is 21.7. The van der Waals surface area contributed by atoms with Crippen molar-refractivity contribution in [1.82, 2.24) is 74.7 Å². The van der Waals surface area contributed by atoms with Crippen molar-refractivity contribution in [3.05, 3.63) is 235 Å². The number of terminal acetylenes is 1. The highest BCUT2D eigenvalue weighted by atomic mass is 127. The van der Waals surface area contributed by atoms with Gasteiger partial charge in [0.05, 0.1) is 107 Å². The molecule has 0 saturated heterocycles. The zero-order chi connectivity index (χ0) is 78.5. The Morgan fingerprint density at radius 2 is 0.784 bits per heavy atom. The van der Waals surface area contributed by atoms with Gasteiger partial charge in [-0.25, -0.2) is 14.0 Å². The molecule has 3 aliphatic carbocycles. The van der Waals surface area contributed by atoms with Crippen molar-refractivity contribution in [2.45, 2.75) is 69.7 Å². The van der Waals surface area contributed by atoms with Crippen LogP contribution in [0.1, 0.15) is 82.2 Å². The number of nitrogens with one attached hydrogen (secondary N) is 1. The molecule has 3 aliphatic rings. The summed E-state index contributed by atoms with van der Waals surface area (Å²) in [4.78, 5) is 60.4. The Kier molecular flexibility index (Phi) is 27.6. The van der Waals surface area contributed by atoms with E-state index in [2.05, 4.69) is 84.5 Å². The van der Waals surface area contributed by atoms with Crippen LogP contribution in [0.15, 0.2) is 173 Å². The molecular formula is C80H91IN18O12. The van der Waals surface area contributed by atoms with E-state index in [9.17, 15) is 14.4 Å². The van der Waals surface area contributed by atoms with Gasteiger partial charge in [-0.1, -0.05) is 70.1 Å². The minimum atomic E-state index is -0.233. The number of alkyl halides is 1. The fourth-order valence-electron chi connectivity index (χ4n) is 12.5. The second-order valence-electron chi connectivity index (χ2n) is 26.7. The highest BCUT2D eigenvalue weighted by molar-refractivity contribution is 14.1. The van der Waals surface area contributed by atoms with Gasteiger partial charge in [-0.3, -0.25) is 34.0 Å². The van der Waals surface area contributed by atoms with Crippen molar-refractivity contribution < 1.29 is 42.6 Å². The molecule has 3 aromatic carbocycles. The van der Waals surface area contributed by atoms with Crippen LogP contribution < -0.4 is 74.0 Å². The molecule has 3 saturated carbocycles. The highest BCUT2D eigenvalue weighted by Gasteiger charge is 2.42. The molecule has 0 radical (unpaired) electrons. The number of methoxy groups -OCH3 is 6. The number of H-pyrrole nitrogens is 1. The van der Waals surface area contributed by atoms with E-state index in [1.807, 2.05) is 142 Å². The van der Waals surface area contributed by atoms with Gasteiger partial charge in [0.1, 0.15) is 62.9 Å². The predicted molar refractivity (Wildman–Crippen MR) is 426 cm³/mol. The number of aromatic amines is 1. The topological polar surface area (TPSA) is 308 Å². The van der Waals surface area contributed by atoms with Crippen LogP contribution in [0.2, 0.25) is 0 Å². The SMILES string of the molecule is C#CCN(Cc1ccc(OC)cc1)c1cc(OC[C@H]2C[C@@H]2c2ccc(OC)cn2)nn(C)c1=O.CI.COc1ccc(CN(Cc2cn(C)nn2)c2cc(OC[C@H]3C[C@@H]3c3ccc(OC)cn3)nn(C)c2=O)cc1.COc1ccc(CN(Cc2cn[nH]n2)c2cc(OC[C@H]3C[C@@H]3c3ccc(OC)cn3)nn(C)c2=O)cc1. The molecule has 6 atom stereocenters. The number of benzene rings is 3. The lowest BCUT2D eigenvalue weighted by Crippen LogP contribution is -2.32. The third-order valence-electron chi connectivity index (χ3n) is 19.0. The number of aromatic nitrogens is 15. The summed E-state index contributed by atoms with van der Waals surface area (Å²) in [5, 5.41) is 31.9. The molecule has 0 aliphatic heterocycles. The van der Waals surface area contributed by atoms with Crippen molar-refractivity contribution in [1.29, 1.82) is 0 Å². The molecule has 11 aromatic rings. The van der Waals surface area contributed by atoms with Crippen LogP contribution in [-0.2, 0) is 60.9 Å². The minimum absolute atomic E-state index is 0.221. The van der Waals surface area contributed by atoms with Gasteiger partial charge in [0.2, 0.25) is 17.6 Å². The van der Waals surface area contributed by atoms with Crippen LogP contribution in [0.4, 0.5) is 17.1 Å². The Bertz CT molecular complexity index is 5030. The van der Waals surface area contributed by atoms with Crippen LogP contribution in [0.3, 0.4) is 0 Å². The van der Waals surface area contributed by atoms with Crippen molar-refractivity contribution in [2.24, 2.45) is 45.9 Å². The summed E-state index contributed by atoms with van der Waals surface area (Å²) in [7, 11) is 16.5. The average molecular weight is 1620 g/mol. The first-order valence-electron chi connectivity index (χ1n) is 35.8. The summed E-state index contributed by atoms with van der Waals surface area (Å²) in [5.74, 6) is 10.4. The van der Waals surface area contributed by atoms with Gasteiger partial charge in [-0.05, 0) is 114 Å². The Morgan fingerprint density at radius 3 is 1.08 bits per heavy atom. The van der Waals surface area contributed by atoms with Crippen molar-refractivity contribution in [3.63, 3.8) is 0 Å². The van der Waals surface area contributed by atoms with Crippen molar-refractivity contribution in [3.8, 4) is 64.5 Å². The molecular weight excluding hydrogens is 1530 g/mol. The summed E-state index contributed by atoms with van der Waals surface area (Å²) in [6.07, 6.45) is 17.3. The van der Waals surface area contributed by atoms with Gasteiger partial charge in [0.15, 0.2) is 0 Å². The molecule has 3 fully saturated rings. The lowest BCUT2D eigenvalue weighted by atomic mass is 10.2. The molecule has 0 amide bonds. The number of nitrogens with zero attached hydrogens (tertiary/aromatic N) is 17. The number of ether oxygens (including phenoxy) is 9. The van der Waals surface area contributed by atoms with Crippen LogP contribution in [0.5, 0.6) is 52.1 Å². The standard InChI is InChI=1S/C27H31N7O4.C26H29N7O4.C26H28N4O4.CH3I/c1-32-15-20(29-31-32)16-34(14-18-5-7-21(36-3)8-6-18)25-12-26(30-33(2)27(25)35)38-17-19-11-23(19)24-10-9-22(37-4)13-28-24;1-32-26(34)24(33(15-19-12-28-31-29-19)14-17-4-6-20(35-2)7-5-17)11-25(30-32)37-16-18-10-22(18)23-9-8-21(36-3)13-27-23;1-5-12-30(16-18-6-8-20(32-3)9-7-18)24-14-25(28-29(2)26(24)31)34-17-19-13-22(19)23-11-10-21(33-4)15-27-23;1-2/h5-10,12-13,15,19,23H,11,14,16-17H2,1-4H3;4-9,11-13,18,22H,10,14-16H2,1-3H3,(H,28,29,31);1,6-11,14-15,19,22H,12-13,16-17H2,2-4H3;1H3/t19-,23+;18-,22+;19-,22+;/m111./s1. The fraction of sp³-hybridized carbons (Fsp3) is 0.362. The van der Waals surface area contributed by atoms with Crippen molar-refractivity contribution >= 4 is 39.7 Å². The zero-order valence-corrected chi connectivity index (χ0v) is 66.1. The molecule has 8 aromatic heterocycles. The van der Waals surface area contributed by atoms with E-state index in [1.165, 1.54) is 14.0 Å². The van der Waals surface area contributed by atoms with Gasteiger partial charge in [0.25, 0.3) is 16.7 Å². The van der Waals surface area contributed by atoms with Crippen LogP contribution >= 0.6 is 22.6 Å². The number of halogens is 1. The van der Waals surface area contributed by atoms with E-state index < -0.39 is 0 Å². The van der Waals surface area contributed by atoms with Crippen LogP contribution in [-0.4, -0.2) is 149 Å². The average Bonchev–Trinajstić information content (AvgIpc) is 1.70. The number of rotatable bonds is 32. The monoisotopic (exact) mass is 1620 g/mol. The van der Waals surface area contributed by atoms with E-state index in [-0.39, 0.29) is 23.2 Å². The largest absolute Gasteiger partial charge is 0.497 e.